The van der Waals surface area contributed by atoms with E-state index in [1.54, 1.807) is 0 Å². The van der Waals surface area contributed by atoms with Gasteiger partial charge in [-0.25, -0.2) is 9.97 Å². The molecule has 1 aliphatic rings. The lowest BCUT2D eigenvalue weighted by molar-refractivity contribution is 0.785. The Bertz CT molecular complexity index is 281. The predicted octanol–water partition coefficient (Wildman–Crippen LogP) is 1.32. The predicted molar refractivity (Wildman–Crippen MR) is 51.3 cm³/mol. The van der Waals surface area contributed by atoms with Crippen molar-refractivity contribution < 1.29 is 0 Å². The van der Waals surface area contributed by atoms with Crippen molar-refractivity contribution in [3.05, 3.63) is 23.8 Å². The molecular weight excluding hydrogens is 162 g/mol. The zero-order valence-corrected chi connectivity index (χ0v) is 8.12. The first-order chi connectivity index (χ1) is 6.31. The van der Waals surface area contributed by atoms with Gasteiger partial charge in [-0.2, -0.15) is 0 Å². The zero-order chi connectivity index (χ0) is 9.26. The van der Waals surface area contributed by atoms with Crippen LogP contribution in [0.2, 0.25) is 0 Å². The topological polar surface area (TPSA) is 37.8 Å². The third-order valence-electron chi connectivity index (χ3n) is 2.55. The molecule has 1 saturated carbocycles. The fourth-order valence-electron chi connectivity index (χ4n) is 1.53. The fourth-order valence-corrected chi connectivity index (χ4v) is 1.53. The molecule has 1 heterocycles. The van der Waals surface area contributed by atoms with Gasteiger partial charge >= 0.3 is 0 Å². The summed E-state index contributed by atoms with van der Waals surface area (Å²) in [4.78, 5) is 8.72. The van der Waals surface area contributed by atoms with Crippen molar-refractivity contribution >= 4 is 0 Å². The minimum atomic E-state index is 0.628. The van der Waals surface area contributed by atoms with Crippen molar-refractivity contribution in [2.45, 2.75) is 25.8 Å². The van der Waals surface area contributed by atoms with E-state index in [0.29, 0.717) is 5.92 Å². The van der Waals surface area contributed by atoms with Gasteiger partial charge in [-0.05, 0) is 19.4 Å². The molecule has 1 aliphatic carbocycles. The van der Waals surface area contributed by atoms with E-state index in [-0.39, 0.29) is 0 Å². The maximum Gasteiger partial charge on any atom is 0.131 e. The second-order valence-corrected chi connectivity index (χ2v) is 3.80. The first-order valence-corrected chi connectivity index (χ1v) is 4.76. The Morgan fingerprint density at radius 1 is 1.46 bits per heavy atom. The molecule has 13 heavy (non-hydrogen) atoms. The summed E-state index contributed by atoms with van der Waals surface area (Å²) in [6.45, 7) is 3.09. The monoisotopic (exact) mass is 177 g/mol. The van der Waals surface area contributed by atoms with E-state index < -0.39 is 0 Å². The molecule has 2 unspecified atom stereocenters. The van der Waals surface area contributed by atoms with Crippen LogP contribution < -0.4 is 5.32 Å². The van der Waals surface area contributed by atoms with Crippen molar-refractivity contribution in [1.29, 1.82) is 0 Å². The van der Waals surface area contributed by atoms with Crippen LogP contribution in [0.15, 0.2) is 12.4 Å². The van der Waals surface area contributed by atoms with E-state index in [0.717, 1.165) is 23.9 Å². The van der Waals surface area contributed by atoms with E-state index in [1.807, 2.05) is 19.4 Å². The summed E-state index contributed by atoms with van der Waals surface area (Å²) in [6.07, 6.45) is 5.10. The normalized spacial score (nSPS) is 26.0. The number of hydrogen-bond donors (Lipinski definition) is 1. The second-order valence-electron chi connectivity index (χ2n) is 3.80. The van der Waals surface area contributed by atoms with Crippen molar-refractivity contribution in [1.82, 2.24) is 15.3 Å². The van der Waals surface area contributed by atoms with E-state index in [9.17, 15) is 0 Å². The Morgan fingerprint density at radius 3 is 2.54 bits per heavy atom. The molecule has 0 saturated heterocycles. The van der Waals surface area contributed by atoms with Crippen LogP contribution in [0.5, 0.6) is 0 Å². The number of nitrogens with zero attached hydrogens (tertiary/aromatic N) is 2. The molecule has 70 valence electrons. The summed E-state index contributed by atoms with van der Waals surface area (Å²) in [7, 11) is 1.93. The molecule has 0 bridgehead atoms. The van der Waals surface area contributed by atoms with E-state index in [4.69, 9.17) is 0 Å². The highest BCUT2D eigenvalue weighted by Crippen LogP contribution is 2.44. The Hall–Kier alpha value is -0.960. The van der Waals surface area contributed by atoms with Gasteiger partial charge in [-0.3, -0.25) is 0 Å². The summed E-state index contributed by atoms with van der Waals surface area (Å²) >= 11 is 0. The number of aromatic nitrogens is 2. The van der Waals surface area contributed by atoms with Crippen LogP contribution >= 0.6 is 0 Å². The molecule has 2 rings (SSSR count). The Morgan fingerprint density at radius 2 is 2.08 bits per heavy atom. The number of nitrogens with one attached hydrogen (secondary N) is 1. The van der Waals surface area contributed by atoms with Gasteiger partial charge in [-0.15, -0.1) is 0 Å². The smallest absolute Gasteiger partial charge is 0.131 e. The molecule has 0 amide bonds. The van der Waals surface area contributed by atoms with Gasteiger partial charge in [0, 0.05) is 30.4 Å². The molecular formula is C10H15N3. The van der Waals surface area contributed by atoms with Crippen LogP contribution in [0.4, 0.5) is 0 Å². The average Bonchev–Trinajstić information content (AvgIpc) is 2.85. The average molecular weight is 177 g/mol. The van der Waals surface area contributed by atoms with Crippen LogP contribution in [0.25, 0.3) is 0 Å². The highest BCUT2D eigenvalue weighted by atomic mass is 14.9. The highest BCUT2D eigenvalue weighted by Gasteiger charge is 2.36. The van der Waals surface area contributed by atoms with Crippen molar-refractivity contribution in [3.63, 3.8) is 0 Å². The van der Waals surface area contributed by atoms with Gasteiger partial charge in [-0.1, -0.05) is 6.92 Å². The molecule has 0 radical (unpaired) electrons. The van der Waals surface area contributed by atoms with Crippen molar-refractivity contribution in [2.75, 3.05) is 7.05 Å². The third-order valence-corrected chi connectivity index (χ3v) is 2.55. The van der Waals surface area contributed by atoms with Crippen LogP contribution in [0.1, 0.15) is 30.7 Å². The lowest BCUT2D eigenvalue weighted by Crippen LogP contribution is -2.06. The molecule has 0 spiro atoms. The van der Waals surface area contributed by atoms with Gasteiger partial charge in [0.15, 0.2) is 0 Å². The minimum Gasteiger partial charge on any atom is -0.316 e. The Balaban J connectivity index is 2.06. The Labute approximate surface area is 78.6 Å². The zero-order valence-electron chi connectivity index (χ0n) is 8.12. The molecule has 1 fully saturated rings. The summed E-state index contributed by atoms with van der Waals surface area (Å²) in [5.74, 6) is 2.44. The fraction of sp³-hybridized carbons (Fsp3) is 0.600. The van der Waals surface area contributed by atoms with Crippen LogP contribution in [-0.4, -0.2) is 17.0 Å². The second kappa shape index (κ2) is 3.42. The van der Waals surface area contributed by atoms with Gasteiger partial charge in [0.1, 0.15) is 5.82 Å². The minimum absolute atomic E-state index is 0.628. The quantitative estimate of drug-likeness (QED) is 0.756. The van der Waals surface area contributed by atoms with E-state index >= 15 is 0 Å². The molecule has 3 nitrogen and oxygen atoms in total. The van der Waals surface area contributed by atoms with E-state index in [1.165, 1.54) is 6.42 Å². The van der Waals surface area contributed by atoms with E-state index in [2.05, 4.69) is 22.2 Å². The van der Waals surface area contributed by atoms with Crippen LogP contribution in [-0.2, 0) is 6.54 Å². The molecule has 2 atom stereocenters. The number of hydrogen-bond acceptors (Lipinski definition) is 3. The Kier molecular flexibility index (Phi) is 2.27. The summed E-state index contributed by atoms with van der Waals surface area (Å²) in [6, 6.07) is 0. The maximum atomic E-state index is 4.36. The molecule has 3 heteroatoms. The first kappa shape index (κ1) is 8.63. The van der Waals surface area contributed by atoms with Crippen LogP contribution in [0, 0.1) is 5.92 Å². The van der Waals surface area contributed by atoms with Gasteiger partial charge in [0.2, 0.25) is 0 Å². The molecule has 1 aromatic heterocycles. The number of rotatable bonds is 3. The van der Waals surface area contributed by atoms with Gasteiger partial charge in [0.25, 0.3) is 0 Å². The van der Waals surface area contributed by atoms with Crippen molar-refractivity contribution in [2.24, 2.45) is 5.92 Å². The lowest BCUT2D eigenvalue weighted by atomic mass is 10.3. The molecule has 1 N–H and O–H groups in total. The highest BCUT2D eigenvalue weighted by molar-refractivity contribution is 5.12. The molecule has 0 aromatic carbocycles. The lowest BCUT2D eigenvalue weighted by Gasteiger charge is -2.00. The maximum absolute atomic E-state index is 4.36. The summed E-state index contributed by atoms with van der Waals surface area (Å²) in [5.41, 5.74) is 1.15. The van der Waals surface area contributed by atoms with Gasteiger partial charge < -0.3 is 5.32 Å². The largest absolute Gasteiger partial charge is 0.316 e. The SMILES string of the molecule is CNCc1cnc(C2CC2C)nc1. The van der Waals surface area contributed by atoms with Crippen molar-refractivity contribution in [3.8, 4) is 0 Å². The first-order valence-electron chi connectivity index (χ1n) is 4.76. The molecule has 0 aliphatic heterocycles. The third kappa shape index (κ3) is 1.86. The van der Waals surface area contributed by atoms with Gasteiger partial charge in [0.05, 0.1) is 0 Å². The standard InChI is InChI=1S/C10H15N3/c1-7-3-9(7)10-12-5-8(4-11-2)6-13-10/h5-7,9,11H,3-4H2,1-2H3. The van der Waals surface area contributed by atoms with Crippen LogP contribution in [0.3, 0.4) is 0 Å². The molecule has 1 aromatic rings. The summed E-state index contributed by atoms with van der Waals surface area (Å²) < 4.78 is 0. The summed E-state index contributed by atoms with van der Waals surface area (Å²) in [5, 5.41) is 3.08.